The van der Waals surface area contributed by atoms with Crippen LogP contribution in [0.1, 0.15) is 18.5 Å². The second kappa shape index (κ2) is 14.1. The molecular formula is C13H23NO4. The Balaban J connectivity index is 0.000000360. The maximum Gasteiger partial charge on any atom is 0.0698 e. The summed E-state index contributed by atoms with van der Waals surface area (Å²) in [5.41, 5.74) is 1.11. The van der Waals surface area contributed by atoms with Crippen molar-refractivity contribution in [3.05, 3.63) is 30.1 Å². The van der Waals surface area contributed by atoms with Gasteiger partial charge in [-0.05, 0) is 31.4 Å². The Morgan fingerprint density at radius 3 is 2.17 bits per heavy atom. The third kappa shape index (κ3) is 11.5. The molecule has 5 heteroatoms. The summed E-state index contributed by atoms with van der Waals surface area (Å²) in [4.78, 5) is 4.17. The van der Waals surface area contributed by atoms with Crippen LogP contribution in [0.25, 0.3) is 0 Å². The van der Waals surface area contributed by atoms with Crippen LogP contribution in [-0.4, -0.2) is 53.3 Å². The Morgan fingerprint density at radius 2 is 1.67 bits per heavy atom. The van der Waals surface area contributed by atoms with Gasteiger partial charge in [0, 0.05) is 18.5 Å². The highest BCUT2D eigenvalue weighted by molar-refractivity contribution is 5.03. The highest BCUT2D eigenvalue weighted by Gasteiger charge is 1.91. The van der Waals surface area contributed by atoms with E-state index in [4.69, 9.17) is 15.3 Å². The van der Waals surface area contributed by atoms with Crippen LogP contribution in [0.4, 0.5) is 0 Å². The number of rotatable bonds is 8. The normalized spacial score (nSPS) is 9.72. The second-order valence-corrected chi connectivity index (χ2v) is 3.56. The lowest BCUT2D eigenvalue weighted by Crippen LogP contribution is -2.03. The standard InChI is InChI=1S/C9H13NO.C4H10O3/c11-8-4-2-6-9-5-1-3-7-10-9;5-1-3-7-4-2-6/h1,3,5,7,11H,2,4,6,8H2;5-6H,1-4H2. The lowest BCUT2D eigenvalue weighted by Gasteiger charge is -1.96. The molecule has 1 rings (SSSR count). The van der Waals surface area contributed by atoms with Crippen molar-refractivity contribution in [3.8, 4) is 0 Å². The van der Waals surface area contributed by atoms with E-state index in [1.807, 2.05) is 18.2 Å². The number of aryl methyl sites for hydroxylation is 1. The first-order chi connectivity index (χ1) is 8.85. The molecule has 1 aromatic heterocycles. The summed E-state index contributed by atoms with van der Waals surface area (Å²) in [5, 5.41) is 24.7. The van der Waals surface area contributed by atoms with Crippen LogP contribution in [0.3, 0.4) is 0 Å². The van der Waals surface area contributed by atoms with Crippen LogP contribution in [0.5, 0.6) is 0 Å². The molecule has 0 saturated heterocycles. The van der Waals surface area contributed by atoms with Crippen molar-refractivity contribution in [1.29, 1.82) is 0 Å². The molecule has 0 aromatic carbocycles. The Morgan fingerprint density at radius 1 is 0.944 bits per heavy atom. The van der Waals surface area contributed by atoms with Gasteiger partial charge in [-0.25, -0.2) is 0 Å². The Bertz CT molecular complexity index is 252. The molecule has 0 atom stereocenters. The maximum absolute atomic E-state index is 8.52. The molecule has 104 valence electrons. The number of aromatic nitrogens is 1. The fourth-order valence-electron chi connectivity index (χ4n) is 1.20. The predicted molar refractivity (Wildman–Crippen MR) is 69.3 cm³/mol. The molecule has 0 radical (unpaired) electrons. The number of pyridine rings is 1. The average Bonchev–Trinajstić information content (AvgIpc) is 2.42. The molecule has 0 bridgehead atoms. The van der Waals surface area contributed by atoms with Gasteiger partial charge in [0.25, 0.3) is 0 Å². The molecule has 0 saturated carbocycles. The minimum absolute atomic E-state index is 0.0278. The van der Waals surface area contributed by atoms with Crippen LogP contribution in [-0.2, 0) is 11.2 Å². The summed E-state index contributed by atoms with van der Waals surface area (Å²) in [7, 11) is 0. The summed E-state index contributed by atoms with van der Waals surface area (Å²) in [6.07, 6.45) is 4.67. The van der Waals surface area contributed by atoms with Gasteiger partial charge < -0.3 is 20.1 Å². The topological polar surface area (TPSA) is 82.8 Å². The molecule has 0 amide bonds. The van der Waals surface area contributed by atoms with E-state index in [2.05, 4.69) is 9.72 Å². The molecule has 3 N–H and O–H groups in total. The average molecular weight is 257 g/mol. The SMILES string of the molecule is OCCCCc1ccccn1.OCCOCCO. The van der Waals surface area contributed by atoms with Gasteiger partial charge in [0.1, 0.15) is 0 Å². The quantitative estimate of drug-likeness (QED) is 0.587. The highest BCUT2D eigenvalue weighted by Crippen LogP contribution is 1.99. The number of aliphatic hydroxyl groups excluding tert-OH is 3. The summed E-state index contributed by atoms with van der Waals surface area (Å²) < 4.78 is 4.63. The lowest BCUT2D eigenvalue weighted by molar-refractivity contribution is 0.0650. The van der Waals surface area contributed by atoms with Crippen molar-refractivity contribution in [2.75, 3.05) is 33.0 Å². The number of hydrogen-bond donors (Lipinski definition) is 3. The van der Waals surface area contributed by atoms with Crippen molar-refractivity contribution in [2.45, 2.75) is 19.3 Å². The van der Waals surface area contributed by atoms with Crippen molar-refractivity contribution >= 4 is 0 Å². The zero-order valence-electron chi connectivity index (χ0n) is 10.7. The van der Waals surface area contributed by atoms with Gasteiger partial charge in [0.15, 0.2) is 0 Å². The highest BCUT2D eigenvalue weighted by atomic mass is 16.5. The fraction of sp³-hybridized carbons (Fsp3) is 0.615. The third-order valence-corrected chi connectivity index (χ3v) is 2.04. The van der Waals surface area contributed by atoms with Crippen molar-refractivity contribution in [2.24, 2.45) is 0 Å². The van der Waals surface area contributed by atoms with Gasteiger partial charge in [-0.1, -0.05) is 6.07 Å². The molecular weight excluding hydrogens is 234 g/mol. The smallest absolute Gasteiger partial charge is 0.0698 e. The molecule has 0 aliphatic rings. The summed E-state index contributed by atoms with van der Waals surface area (Å²) in [6.45, 7) is 0.980. The fourth-order valence-corrected chi connectivity index (χ4v) is 1.20. The molecule has 0 aliphatic carbocycles. The van der Waals surface area contributed by atoms with Crippen LogP contribution >= 0.6 is 0 Å². The second-order valence-electron chi connectivity index (χ2n) is 3.56. The monoisotopic (exact) mass is 257 g/mol. The van der Waals surface area contributed by atoms with E-state index < -0.39 is 0 Å². The first kappa shape index (κ1) is 17.0. The van der Waals surface area contributed by atoms with Gasteiger partial charge in [-0.3, -0.25) is 4.98 Å². The summed E-state index contributed by atoms with van der Waals surface area (Å²) in [6, 6.07) is 5.91. The third-order valence-electron chi connectivity index (χ3n) is 2.04. The van der Waals surface area contributed by atoms with Gasteiger partial charge in [0.05, 0.1) is 26.4 Å². The van der Waals surface area contributed by atoms with E-state index in [9.17, 15) is 0 Å². The van der Waals surface area contributed by atoms with E-state index >= 15 is 0 Å². The molecule has 5 nitrogen and oxygen atoms in total. The largest absolute Gasteiger partial charge is 0.396 e. The van der Waals surface area contributed by atoms with Crippen molar-refractivity contribution in [1.82, 2.24) is 4.98 Å². The molecule has 0 fully saturated rings. The molecule has 0 aliphatic heterocycles. The molecule has 1 heterocycles. The zero-order valence-corrected chi connectivity index (χ0v) is 10.7. The molecule has 1 aromatic rings. The maximum atomic E-state index is 8.52. The van der Waals surface area contributed by atoms with E-state index in [1.165, 1.54) is 0 Å². The van der Waals surface area contributed by atoms with Gasteiger partial charge in [-0.15, -0.1) is 0 Å². The minimum atomic E-state index is 0.0278. The van der Waals surface area contributed by atoms with E-state index in [0.29, 0.717) is 13.2 Å². The number of nitrogens with zero attached hydrogens (tertiary/aromatic N) is 1. The molecule has 0 spiro atoms. The van der Waals surface area contributed by atoms with Crippen LogP contribution in [0.2, 0.25) is 0 Å². The zero-order chi connectivity index (χ0) is 13.5. The van der Waals surface area contributed by atoms with Gasteiger partial charge in [0.2, 0.25) is 0 Å². The van der Waals surface area contributed by atoms with Crippen LogP contribution in [0.15, 0.2) is 24.4 Å². The molecule has 18 heavy (non-hydrogen) atoms. The summed E-state index contributed by atoms with van der Waals surface area (Å²) in [5.74, 6) is 0. The number of aliphatic hydroxyl groups is 3. The van der Waals surface area contributed by atoms with E-state index in [1.54, 1.807) is 6.20 Å². The number of unbranched alkanes of at least 4 members (excludes halogenated alkanes) is 1. The van der Waals surface area contributed by atoms with Crippen LogP contribution < -0.4 is 0 Å². The van der Waals surface area contributed by atoms with Gasteiger partial charge >= 0.3 is 0 Å². The Labute approximate surface area is 108 Å². The Hall–Kier alpha value is -1.01. The van der Waals surface area contributed by atoms with Crippen LogP contribution in [0, 0.1) is 0 Å². The number of hydrogen-bond acceptors (Lipinski definition) is 5. The number of ether oxygens (including phenoxy) is 1. The minimum Gasteiger partial charge on any atom is -0.396 e. The van der Waals surface area contributed by atoms with Crippen molar-refractivity contribution < 1.29 is 20.1 Å². The van der Waals surface area contributed by atoms with E-state index in [0.717, 1.165) is 25.0 Å². The summed E-state index contributed by atoms with van der Waals surface area (Å²) >= 11 is 0. The van der Waals surface area contributed by atoms with Gasteiger partial charge in [-0.2, -0.15) is 0 Å². The van der Waals surface area contributed by atoms with E-state index in [-0.39, 0.29) is 19.8 Å². The Kier molecular flexibility index (Phi) is 13.3. The first-order valence-corrected chi connectivity index (χ1v) is 6.15. The predicted octanol–water partition coefficient (Wildman–Crippen LogP) is 0.384. The lowest BCUT2D eigenvalue weighted by atomic mass is 10.2. The van der Waals surface area contributed by atoms with Crippen molar-refractivity contribution in [3.63, 3.8) is 0 Å². The molecule has 0 unspecified atom stereocenters. The first-order valence-electron chi connectivity index (χ1n) is 6.15.